The van der Waals surface area contributed by atoms with Crippen LogP contribution in [-0.4, -0.2) is 11.8 Å². The van der Waals surface area contributed by atoms with Gasteiger partial charge in [0.2, 0.25) is 0 Å². The molecule has 0 aliphatic heterocycles. The van der Waals surface area contributed by atoms with Crippen LogP contribution in [0.25, 0.3) is 6.08 Å². The molecular weight excluding hydrogens is 355 g/mol. The number of carbonyl (C=O) groups excluding carboxylic acids is 2. The number of rotatable bonds is 3. The molecule has 22 heavy (non-hydrogen) atoms. The third-order valence-electron chi connectivity index (χ3n) is 2.77. The predicted octanol–water partition coefficient (Wildman–Crippen LogP) is 2.96. The van der Waals surface area contributed by atoms with Crippen molar-refractivity contribution in [2.75, 3.05) is 0 Å². The SMILES string of the molecule is Cc1occc1C(=O)NNC(=O)/C=C/c1cc(Br)ccc1F. The number of benzene rings is 1. The number of hydrogen-bond acceptors (Lipinski definition) is 3. The van der Waals surface area contributed by atoms with Crippen LogP contribution in [0.1, 0.15) is 21.7 Å². The minimum atomic E-state index is -0.589. The summed E-state index contributed by atoms with van der Waals surface area (Å²) in [5.74, 6) is -1.10. The Balaban J connectivity index is 1.93. The molecule has 0 fully saturated rings. The second kappa shape index (κ2) is 7.04. The van der Waals surface area contributed by atoms with Gasteiger partial charge in [-0.2, -0.15) is 0 Å². The molecule has 5 nitrogen and oxygen atoms in total. The van der Waals surface area contributed by atoms with Crippen LogP contribution < -0.4 is 10.9 Å². The summed E-state index contributed by atoms with van der Waals surface area (Å²) in [4.78, 5) is 23.3. The maximum absolute atomic E-state index is 13.5. The average Bonchev–Trinajstić information content (AvgIpc) is 2.92. The molecular formula is C15H12BrFN2O3. The summed E-state index contributed by atoms with van der Waals surface area (Å²) in [6.45, 7) is 1.63. The van der Waals surface area contributed by atoms with Gasteiger partial charge in [0.05, 0.1) is 11.8 Å². The smallest absolute Gasteiger partial charge is 0.273 e. The molecule has 1 heterocycles. The summed E-state index contributed by atoms with van der Waals surface area (Å²) >= 11 is 3.21. The van der Waals surface area contributed by atoms with E-state index in [2.05, 4.69) is 26.8 Å². The number of carbonyl (C=O) groups is 2. The molecule has 0 saturated heterocycles. The van der Waals surface area contributed by atoms with Gasteiger partial charge in [-0.1, -0.05) is 15.9 Å². The summed E-state index contributed by atoms with van der Waals surface area (Å²) in [6.07, 6.45) is 3.81. The first-order valence-corrected chi connectivity index (χ1v) is 7.04. The van der Waals surface area contributed by atoms with E-state index in [9.17, 15) is 14.0 Å². The molecule has 1 aromatic heterocycles. The van der Waals surface area contributed by atoms with Crippen LogP contribution >= 0.6 is 15.9 Å². The summed E-state index contributed by atoms with van der Waals surface area (Å²) in [5, 5.41) is 0. The van der Waals surface area contributed by atoms with Crippen molar-refractivity contribution < 1.29 is 18.4 Å². The van der Waals surface area contributed by atoms with Crippen molar-refractivity contribution in [2.45, 2.75) is 6.92 Å². The summed E-state index contributed by atoms with van der Waals surface area (Å²) in [5.41, 5.74) is 5.01. The number of amides is 2. The van der Waals surface area contributed by atoms with E-state index >= 15 is 0 Å². The van der Waals surface area contributed by atoms with E-state index in [-0.39, 0.29) is 5.56 Å². The highest BCUT2D eigenvalue weighted by Crippen LogP contribution is 2.16. The molecule has 1 aromatic carbocycles. The van der Waals surface area contributed by atoms with Gasteiger partial charge in [-0.15, -0.1) is 0 Å². The van der Waals surface area contributed by atoms with Crippen LogP contribution in [0.4, 0.5) is 4.39 Å². The maximum atomic E-state index is 13.5. The Bertz CT molecular complexity index is 740. The van der Waals surface area contributed by atoms with Crippen molar-refractivity contribution in [1.82, 2.24) is 10.9 Å². The molecule has 0 radical (unpaired) electrons. The van der Waals surface area contributed by atoms with Crippen molar-refractivity contribution in [3.05, 3.63) is 63.8 Å². The minimum absolute atomic E-state index is 0.251. The number of aryl methyl sites for hydroxylation is 1. The number of nitrogens with one attached hydrogen (secondary N) is 2. The number of hydrogen-bond donors (Lipinski definition) is 2. The zero-order valence-corrected chi connectivity index (χ0v) is 13.1. The van der Waals surface area contributed by atoms with E-state index in [4.69, 9.17) is 4.42 Å². The van der Waals surface area contributed by atoms with Gasteiger partial charge in [0.15, 0.2) is 0 Å². The van der Waals surface area contributed by atoms with Crippen LogP contribution in [0.5, 0.6) is 0 Å². The topological polar surface area (TPSA) is 71.3 Å². The number of furan rings is 1. The van der Waals surface area contributed by atoms with E-state index in [0.717, 1.165) is 6.08 Å². The van der Waals surface area contributed by atoms with Crippen LogP contribution in [0.2, 0.25) is 0 Å². The van der Waals surface area contributed by atoms with E-state index in [0.29, 0.717) is 15.8 Å². The van der Waals surface area contributed by atoms with E-state index in [1.54, 1.807) is 13.0 Å². The molecule has 114 valence electrons. The van der Waals surface area contributed by atoms with Crippen LogP contribution in [0, 0.1) is 12.7 Å². The molecule has 0 atom stereocenters. The minimum Gasteiger partial charge on any atom is -0.469 e. The Hall–Kier alpha value is -2.41. The Morgan fingerprint density at radius 1 is 1.27 bits per heavy atom. The van der Waals surface area contributed by atoms with Crippen molar-refractivity contribution in [1.29, 1.82) is 0 Å². The fourth-order valence-corrected chi connectivity index (χ4v) is 2.03. The van der Waals surface area contributed by atoms with Crippen molar-refractivity contribution in [2.24, 2.45) is 0 Å². The quantitative estimate of drug-likeness (QED) is 0.647. The number of halogens is 2. The first-order valence-electron chi connectivity index (χ1n) is 6.25. The van der Waals surface area contributed by atoms with Gasteiger partial charge >= 0.3 is 0 Å². The van der Waals surface area contributed by atoms with E-state index in [1.165, 1.54) is 30.5 Å². The maximum Gasteiger partial charge on any atom is 0.273 e. The highest BCUT2D eigenvalue weighted by Gasteiger charge is 2.11. The molecule has 0 unspecified atom stereocenters. The highest BCUT2D eigenvalue weighted by molar-refractivity contribution is 9.10. The number of hydrazine groups is 1. The Labute approximate surface area is 134 Å². The zero-order chi connectivity index (χ0) is 16.1. The lowest BCUT2D eigenvalue weighted by molar-refractivity contribution is -0.117. The highest BCUT2D eigenvalue weighted by atomic mass is 79.9. The van der Waals surface area contributed by atoms with Crippen molar-refractivity contribution in [3.63, 3.8) is 0 Å². The van der Waals surface area contributed by atoms with Crippen LogP contribution in [0.3, 0.4) is 0 Å². The molecule has 2 amide bonds. The molecule has 0 spiro atoms. The zero-order valence-electron chi connectivity index (χ0n) is 11.5. The molecule has 0 aliphatic rings. The van der Waals surface area contributed by atoms with Gasteiger partial charge in [0, 0.05) is 16.1 Å². The third kappa shape index (κ3) is 4.05. The standard InChI is InChI=1S/C15H12BrFN2O3/c1-9-12(6-7-22-9)15(21)19-18-14(20)5-2-10-8-11(16)3-4-13(10)17/h2-8H,1H3,(H,18,20)(H,19,21)/b5-2+. The lowest BCUT2D eigenvalue weighted by atomic mass is 10.2. The van der Waals surface area contributed by atoms with E-state index in [1.807, 2.05) is 0 Å². The first kappa shape index (κ1) is 16.0. The van der Waals surface area contributed by atoms with Gasteiger partial charge in [0.1, 0.15) is 11.6 Å². The molecule has 0 saturated carbocycles. The van der Waals surface area contributed by atoms with Crippen LogP contribution in [-0.2, 0) is 4.79 Å². The Morgan fingerprint density at radius 3 is 2.73 bits per heavy atom. The molecule has 0 aliphatic carbocycles. The lowest BCUT2D eigenvalue weighted by Gasteiger charge is -2.04. The normalized spacial score (nSPS) is 10.7. The summed E-state index contributed by atoms with van der Waals surface area (Å²) in [7, 11) is 0. The molecule has 2 N–H and O–H groups in total. The van der Waals surface area contributed by atoms with Crippen LogP contribution in [0.15, 0.2) is 45.5 Å². The Morgan fingerprint density at radius 2 is 2.05 bits per heavy atom. The second-order valence-electron chi connectivity index (χ2n) is 4.33. The largest absolute Gasteiger partial charge is 0.469 e. The van der Waals surface area contributed by atoms with Crippen molar-refractivity contribution >= 4 is 33.8 Å². The third-order valence-corrected chi connectivity index (χ3v) is 3.27. The lowest BCUT2D eigenvalue weighted by Crippen LogP contribution is -2.40. The molecule has 0 bridgehead atoms. The first-order chi connectivity index (χ1) is 10.5. The van der Waals surface area contributed by atoms with Gasteiger partial charge in [0.25, 0.3) is 11.8 Å². The second-order valence-corrected chi connectivity index (χ2v) is 5.25. The predicted molar refractivity (Wildman–Crippen MR) is 82.2 cm³/mol. The summed E-state index contributed by atoms with van der Waals surface area (Å²) < 4.78 is 19.2. The Kier molecular flexibility index (Phi) is 5.11. The van der Waals surface area contributed by atoms with Gasteiger partial charge < -0.3 is 4.42 Å². The van der Waals surface area contributed by atoms with Gasteiger partial charge in [-0.05, 0) is 37.3 Å². The fourth-order valence-electron chi connectivity index (χ4n) is 1.66. The fraction of sp³-hybridized carbons (Fsp3) is 0.0667. The summed E-state index contributed by atoms with van der Waals surface area (Å²) in [6, 6.07) is 5.86. The van der Waals surface area contributed by atoms with Gasteiger partial charge in [-0.3, -0.25) is 20.4 Å². The van der Waals surface area contributed by atoms with Crippen molar-refractivity contribution in [3.8, 4) is 0 Å². The monoisotopic (exact) mass is 366 g/mol. The molecule has 2 rings (SSSR count). The van der Waals surface area contributed by atoms with E-state index < -0.39 is 17.6 Å². The van der Waals surface area contributed by atoms with Gasteiger partial charge in [-0.25, -0.2) is 4.39 Å². The molecule has 2 aromatic rings. The molecule has 7 heteroatoms. The average molecular weight is 367 g/mol.